The molecule has 0 bridgehead atoms. The molecular formula is C27H25ClFNO4S. The molecule has 0 radical (unpaired) electrons. The van der Waals surface area contributed by atoms with E-state index in [-0.39, 0.29) is 27.7 Å². The van der Waals surface area contributed by atoms with Crippen molar-refractivity contribution in [3.8, 4) is 5.75 Å². The van der Waals surface area contributed by atoms with E-state index in [1.54, 1.807) is 50.3 Å². The Bertz CT molecular complexity index is 1450. The van der Waals surface area contributed by atoms with E-state index in [2.05, 4.69) is 0 Å². The molecule has 3 aromatic rings. The summed E-state index contributed by atoms with van der Waals surface area (Å²) in [5.41, 5.74) is 3.35. The van der Waals surface area contributed by atoms with Crippen molar-refractivity contribution in [2.24, 2.45) is 0 Å². The second kappa shape index (κ2) is 9.47. The zero-order valence-electron chi connectivity index (χ0n) is 19.8. The molecule has 0 amide bonds. The van der Waals surface area contributed by atoms with E-state index in [1.165, 1.54) is 35.7 Å². The van der Waals surface area contributed by atoms with Crippen molar-refractivity contribution < 1.29 is 22.3 Å². The van der Waals surface area contributed by atoms with E-state index in [0.29, 0.717) is 28.1 Å². The van der Waals surface area contributed by atoms with Gasteiger partial charge in [0.05, 0.1) is 22.7 Å². The van der Waals surface area contributed by atoms with Gasteiger partial charge in [-0.25, -0.2) is 12.8 Å². The fraction of sp³-hybridized carbons (Fsp3) is 0.222. The topological polar surface area (TPSA) is 63.7 Å². The molecule has 3 aromatic carbocycles. The number of aryl methyl sites for hydroxylation is 1. The molecule has 0 spiro atoms. The van der Waals surface area contributed by atoms with Crippen LogP contribution in [0.1, 0.15) is 36.1 Å². The number of allylic oxidation sites excluding steroid dienone is 1. The van der Waals surface area contributed by atoms with Crippen LogP contribution in [0.25, 0.3) is 11.6 Å². The van der Waals surface area contributed by atoms with Crippen molar-refractivity contribution >= 4 is 44.7 Å². The zero-order chi connectivity index (χ0) is 25.5. The number of benzene rings is 3. The Balaban J connectivity index is 1.84. The molecule has 0 N–H and O–H groups in total. The van der Waals surface area contributed by atoms with Gasteiger partial charge >= 0.3 is 0 Å². The standard InChI is InChI=1S/C27H25ClFNO4S/c1-16-8-11-21(15-26(16)34-4)35(32,33)30-18(3)25(31)14-20-10-9-19(13-24(20)30)12-17(2)27-22(28)6-5-7-23(27)29/h5-13,15,18H,14H2,1-4H3/b17-12+/t18-/m1/s1. The van der Waals surface area contributed by atoms with Crippen LogP contribution in [0.4, 0.5) is 10.1 Å². The Labute approximate surface area is 209 Å². The van der Waals surface area contributed by atoms with Gasteiger partial charge < -0.3 is 4.74 Å². The maximum atomic E-state index is 14.4. The van der Waals surface area contributed by atoms with Crippen molar-refractivity contribution in [1.82, 2.24) is 0 Å². The molecule has 1 atom stereocenters. The van der Waals surface area contributed by atoms with Gasteiger partial charge in [-0.05, 0) is 67.3 Å². The summed E-state index contributed by atoms with van der Waals surface area (Å²) in [5.74, 6) is -0.199. The second-order valence-corrected chi connectivity index (χ2v) is 10.8. The van der Waals surface area contributed by atoms with Crippen LogP contribution >= 0.6 is 11.6 Å². The predicted octanol–water partition coefficient (Wildman–Crippen LogP) is 6.07. The van der Waals surface area contributed by atoms with Crippen LogP contribution in [0, 0.1) is 12.7 Å². The highest BCUT2D eigenvalue weighted by Gasteiger charge is 2.38. The van der Waals surface area contributed by atoms with E-state index >= 15 is 0 Å². The highest BCUT2D eigenvalue weighted by Crippen LogP contribution is 2.37. The lowest BCUT2D eigenvalue weighted by Gasteiger charge is -2.35. The van der Waals surface area contributed by atoms with Gasteiger partial charge in [0.15, 0.2) is 5.78 Å². The largest absolute Gasteiger partial charge is 0.496 e. The summed E-state index contributed by atoms with van der Waals surface area (Å²) in [6.45, 7) is 5.14. The monoisotopic (exact) mass is 513 g/mol. The summed E-state index contributed by atoms with van der Waals surface area (Å²) in [7, 11) is -2.61. The quantitative estimate of drug-likeness (QED) is 0.389. The highest BCUT2D eigenvalue weighted by atomic mass is 35.5. The Morgan fingerprint density at radius 3 is 2.60 bits per heavy atom. The predicted molar refractivity (Wildman–Crippen MR) is 137 cm³/mol. The number of hydrogen-bond acceptors (Lipinski definition) is 4. The lowest BCUT2D eigenvalue weighted by atomic mass is 9.95. The second-order valence-electron chi connectivity index (χ2n) is 8.56. The molecule has 0 aliphatic carbocycles. The highest BCUT2D eigenvalue weighted by molar-refractivity contribution is 7.93. The first-order chi connectivity index (χ1) is 16.5. The lowest BCUT2D eigenvalue weighted by molar-refractivity contribution is -0.119. The van der Waals surface area contributed by atoms with E-state index < -0.39 is 21.9 Å². The number of Topliss-reactive ketones (excluding diaryl/α,β-unsaturated/α-hetero) is 1. The summed E-state index contributed by atoms with van der Waals surface area (Å²) >= 11 is 6.21. The molecule has 1 heterocycles. The van der Waals surface area contributed by atoms with Crippen LogP contribution in [0.5, 0.6) is 5.75 Å². The third-order valence-electron chi connectivity index (χ3n) is 6.21. The summed E-state index contributed by atoms with van der Waals surface area (Å²) in [6, 6.07) is 13.5. The van der Waals surface area contributed by atoms with Crippen LogP contribution in [-0.4, -0.2) is 27.4 Å². The molecule has 1 aliphatic heterocycles. The van der Waals surface area contributed by atoms with Gasteiger partial charge in [-0.15, -0.1) is 0 Å². The molecular weight excluding hydrogens is 489 g/mol. The first-order valence-corrected chi connectivity index (χ1v) is 12.8. The summed E-state index contributed by atoms with van der Waals surface area (Å²) < 4.78 is 48.4. The van der Waals surface area contributed by atoms with Gasteiger partial charge in [0.2, 0.25) is 0 Å². The lowest BCUT2D eigenvalue weighted by Crippen LogP contribution is -2.47. The average molecular weight is 514 g/mol. The normalized spacial score (nSPS) is 16.3. The van der Waals surface area contributed by atoms with Crippen molar-refractivity contribution in [2.45, 2.75) is 38.1 Å². The van der Waals surface area contributed by atoms with Crippen LogP contribution in [0.2, 0.25) is 5.02 Å². The van der Waals surface area contributed by atoms with Crippen molar-refractivity contribution in [1.29, 1.82) is 0 Å². The number of nitrogens with zero attached hydrogens (tertiary/aromatic N) is 1. The van der Waals surface area contributed by atoms with Crippen LogP contribution in [-0.2, 0) is 21.2 Å². The number of anilines is 1. The molecule has 5 nitrogen and oxygen atoms in total. The molecule has 182 valence electrons. The fourth-order valence-corrected chi connectivity index (χ4v) is 6.31. The van der Waals surface area contributed by atoms with Crippen molar-refractivity contribution in [2.75, 3.05) is 11.4 Å². The first kappa shape index (κ1) is 24.9. The first-order valence-electron chi connectivity index (χ1n) is 11.0. The van der Waals surface area contributed by atoms with Crippen molar-refractivity contribution in [3.05, 3.63) is 87.7 Å². The SMILES string of the molecule is COc1cc(S(=O)(=O)N2c3cc(/C=C(\C)c4c(F)cccc4Cl)ccc3CC(=O)[C@H]2C)ccc1C. The number of halogens is 2. The smallest absolute Gasteiger partial charge is 0.265 e. The Hall–Kier alpha value is -3.16. The summed E-state index contributed by atoms with van der Waals surface area (Å²) in [4.78, 5) is 12.8. The van der Waals surface area contributed by atoms with Crippen molar-refractivity contribution in [3.63, 3.8) is 0 Å². The molecule has 0 saturated carbocycles. The van der Waals surface area contributed by atoms with Crippen LogP contribution in [0.15, 0.2) is 59.5 Å². The fourth-order valence-electron chi connectivity index (χ4n) is 4.31. The number of methoxy groups -OCH3 is 1. The molecule has 8 heteroatoms. The van der Waals surface area contributed by atoms with Crippen LogP contribution in [0.3, 0.4) is 0 Å². The average Bonchev–Trinajstić information content (AvgIpc) is 2.80. The third kappa shape index (κ3) is 4.58. The molecule has 0 saturated heterocycles. The number of rotatable bonds is 5. The minimum absolute atomic E-state index is 0.0303. The van der Waals surface area contributed by atoms with Gasteiger partial charge in [-0.3, -0.25) is 9.10 Å². The van der Waals surface area contributed by atoms with E-state index in [4.69, 9.17) is 16.3 Å². The molecule has 0 unspecified atom stereocenters. The Morgan fingerprint density at radius 1 is 1.17 bits per heavy atom. The zero-order valence-corrected chi connectivity index (χ0v) is 21.4. The Kier molecular flexibility index (Phi) is 6.75. The molecule has 1 aliphatic rings. The van der Waals surface area contributed by atoms with Crippen LogP contribution < -0.4 is 9.04 Å². The van der Waals surface area contributed by atoms with Gasteiger partial charge in [-0.1, -0.05) is 41.9 Å². The molecule has 35 heavy (non-hydrogen) atoms. The van der Waals surface area contributed by atoms with Gasteiger partial charge in [0.1, 0.15) is 17.6 Å². The molecule has 0 aromatic heterocycles. The molecule has 4 rings (SSSR count). The third-order valence-corrected chi connectivity index (χ3v) is 8.40. The van der Waals surface area contributed by atoms with E-state index in [9.17, 15) is 17.6 Å². The number of fused-ring (bicyclic) bond motifs is 1. The Morgan fingerprint density at radius 2 is 1.91 bits per heavy atom. The number of hydrogen-bond donors (Lipinski definition) is 0. The molecule has 0 fully saturated rings. The number of carbonyl (C=O) groups is 1. The number of sulfonamides is 1. The summed E-state index contributed by atoms with van der Waals surface area (Å²) in [5, 5.41) is 0.286. The van der Waals surface area contributed by atoms with E-state index in [1.807, 2.05) is 6.92 Å². The summed E-state index contributed by atoms with van der Waals surface area (Å²) in [6.07, 6.45) is 1.87. The number of ether oxygens (including phenoxy) is 1. The van der Waals surface area contributed by atoms with E-state index in [0.717, 1.165) is 5.56 Å². The number of carbonyl (C=O) groups excluding carboxylic acids is 1. The minimum atomic E-state index is -4.09. The van der Waals surface area contributed by atoms with Gasteiger partial charge in [0.25, 0.3) is 10.0 Å². The van der Waals surface area contributed by atoms with Gasteiger partial charge in [0, 0.05) is 18.1 Å². The number of ketones is 1. The maximum absolute atomic E-state index is 14.4. The van der Waals surface area contributed by atoms with Gasteiger partial charge in [-0.2, -0.15) is 0 Å². The maximum Gasteiger partial charge on any atom is 0.265 e. The minimum Gasteiger partial charge on any atom is -0.496 e.